The van der Waals surface area contributed by atoms with Crippen molar-refractivity contribution < 1.29 is 18.2 Å². The molecule has 1 aromatic carbocycles. The number of halogens is 3. The van der Waals surface area contributed by atoms with Crippen LogP contribution >= 0.6 is 0 Å². The second-order valence-electron chi connectivity index (χ2n) is 2.97. The van der Waals surface area contributed by atoms with Crippen molar-refractivity contribution in [2.45, 2.75) is 6.18 Å². The van der Waals surface area contributed by atoms with Crippen LogP contribution in [0.5, 0.6) is 0 Å². The van der Waals surface area contributed by atoms with E-state index in [2.05, 4.69) is 4.98 Å². The maximum absolute atomic E-state index is 12.3. The van der Waals surface area contributed by atoms with Crippen molar-refractivity contribution in [3.05, 3.63) is 42.1 Å². The Labute approximate surface area is 78.2 Å². The van der Waals surface area contributed by atoms with Crippen LogP contribution in [-0.4, -0.2) is 0 Å². The zero-order valence-corrected chi connectivity index (χ0v) is 7.10. The molecule has 1 nitrogen and oxygen atoms in total. The minimum atomic E-state index is -4.28. The number of hydrogen-bond acceptors (Lipinski definition) is 0. The van der Waals surface area contributed by atoms with E-state index >= 15 is 0 Å². The third-order valence-electron chi connectivity index (χ3n) is 1.99. The molecule has 1 aromatic heterocycles. The van der Waals surface area contributed by atoms with E-state index in [1.807, 2.05) is 0 Å². The lowest BCUT2D eigenvalue weighted by Crippen LogP contribution is -2.07. The summed E-state index contributed by atoms with van der Waals surface area (Å²) in [6.45, 7) is 0. The first-order valence-corrected chi connectivity index (χ1v) is 4.05. The highest BCUT2D eigenvalue weighted by molar-refractivity contribution is 5.75. The van der Waals surface area contributed by atoms with Gasteiger partial charge in [0.25, 0.3) is 0 Å². The number of nitrogens with one attached hydrogen (secondary N) is 1. The van der Waals surface area contributed by atoms with Crippen molar-refractivity contribution in [3.63, 3.8) is 0 Å². The summed E-state index contributed by atoms with van der Waals surface area (Å²) in [5, 5.41) is 0.764. The molecule has 0 spiro atoms. The van der Waals surface area contributed by atoms with E-state index in [0.29, 0.717) is 5.52 Å². The summed E-state index contributed by atoms with van der Waals surface area (Å²) >= 11 is 0. The Hall–Kier alpha value is -1.58. The predicted molar refractivity (Wildman–Crippen MR) is 45.5 cm³/mol. The van der Waals surface area contributed by atoms with Gasteiger partial charge in [0.1, 0.15) is 0 Å². The lowest BCUT2D eigenvalue weighted by Gasteiger charge is -2.04. The Kier molecular flexibility index (Phi) is 1.91. The lowest BCUT2D eigenvalue weighted by atomic mass is 10.1. The van der Waals surface area contributed by atoms with Gasteiger partial charge in [-0.25, -0.2) is 4.98 Å². The van der Waals surface area contributed by atoms with E-state index in [4.69, 9.17) is 0 Å². The number of alkyl halides is 3. The average Bonchev–Trinajstić information content (AvgIpc) is 2.16. The molecule has 1 heterocycles. The van der Waals surface area contributed by atoms with Gasteiger partial charge in [-0.15, -0.1) is 0 Å². The quantitative estimate of drug-likeness (QED) is 0.618. The van der Waals surface area contributed by atoms with Crippen LogP contribution in [0.15, 0.2) is 36.5 Å². The SMILES string of the molecule is FC(F)(F)c1ccc2ccc[nH+]c2c1. The Morgan fingerprint density at radius 2 is 1.86 bits per heavy atom. The van der Waals surface area contributed by atoms with E-state index in [0.717, 1.165) is 17.5 Å². The van der Waals surface area contributed by atoms with Gasteiger partial charge in [0, 0.05) is 17.5 Å². The highest BCUT2D eigenvalue weighted by Gasteiger charge is 2.31. The van der Waals surface area contributed by atoms with Crippen molar-refractivity contribution in [2.75, 3.05) is 0 Å². The summed E-state index contributed by atoms with van der Waals surface area (Å²) in [6.07, 6.45) is -2.68. The van der Waals surface area contributed by atoms with Gasteiger partial charge in [-0.2, -0.15) is 13.2 Å². The molecule has 14 heavy (non-hydrogen) atoms. The first-order valence-electron chi connectivity index (χ1n) is 4.05. The van der Waals surface area contributed by atoms with E-state index in [9.17, 15) is 13.2 Å². The van der Waals surface area contributed by atoms with Crippen LogP contribution in [0.1, 0.15) is 5.56 Å². The second-order valence-corrected chi connectivity index (χ2v) is 2.97. The number of H-pyrrole nitrogens is 1. The standard InChI is InChI=1S/C10H6F3N/c11-10(12,13)8-4-3-7-2-1-5-14-9(7)6-8/h1-6H/p+1. The van der Waals surface area contributed by atoms with Crippen LogP contribution in [0.3, 0.4) is 0 Å². The number of aromatic nitrogens is 1. The molecular formula is C10H7F3N+. The molecule has 0 fully saturated rings. The summed E-state index contributed by atoms with van der Waals surface area (Å²) < 4.78 is 36.9. The first-order chi connectivity index (χ1) is 6.57. The van der Waals surface area contributed by atoms with Gasteiger partial charge in [0.15, 0.2) is 6.20 Å². The normalized spacial score (nSPS) is 11.9. The minimum absolute atomic E-state index is 0.488. The third-order valence-corrected chi connectivity index (χ3v) is 1.99. The van der Waals surface area contributed by atoms with Crippen LogP contribution in [0.25, 0.3) is 10.9 Å². The van der Waals surface area contributed by atoms with Crippen LogP contribution in [0.4, 0.5) is 13.2 Å². The van der Waals surface area contributed by atoms with E-state index in [1.165, 1.54) is 6.07 Å². The van der Waals surface area contributed by atoms with E-state index in [-0.39, 0.29) is 0 Å². The summed E-state index contributed by atoms with van der Waals surface area (Å²) in [5.74, 6) is 0. The monoisotopic (exact) mass is 198 g/mol. The number of benzene rings is 1. The fourth-order valence-electron chi connectivity index (χ4n) is 1.29. The average molecular weight is 198 g/mol. The molecule has 0 aliphatic heterocycles. The van der Waals surface area contributed by atoms with Crippen molar-refractivity contribution in [3.8, 4) is 0 Å². The zero-order chi connectivity index (χ0) is 10.2. The van der Waals surface area contributed by atoms with Gasteiger partial charge >= 0.3 is 6.18 Å². The predicted octanol–water partition coefficient (Wildman–Crippen LogP) is 2.67. The topological polar surface area (TPSA) is 14.1 Å². The summed E-state index contributed by atoms with van der Waals surface area (Å²) in [4.78, 5) is 2.76. The molecule has 2 aromatic rings. The molecular weight excluding hydrogens is 191 g/mol. The number of fused-ring (bicyclic) bond motifs is 1. The molecule has 0 atom stereocenters. The van der Waals surface area contributed by atoms with Gasteiger partial charge in [0.2, 0.25) is 5.52 Å². The molecule has 0 radical (unpaired) electrons. The Morgan fingerprint density at radius 3 is 2.57 bits per heavy atom. The van der Waals surface area contributed by atoms with Crippen LogP contribution in [-0.2, 0) is 6.18 Å². The van der Waals surface area contributed by atoms with Gasteiger partial charge in [-0.05, 0) is 18.2 Å². The van der Waals surface area contributed by atoms with Gasteiger partial charge < -0.3 is 0 Å². The maximum Gasteiger partial charge on any atom is 0.416 e. The van der Waals surface area contributed by atoms with Crippen LogP contribution < -0.4 is 4.98 Å². The van der Waals surface area contributed by atoms with Crippen molar-refractivity contribution in [2.24, 2.45) is 0 Å². The molecule has 2 rings (SSSR count). The van der Waals surface area contributed by atoms with E-state index < -0.39 is 11.7 Å². The Balaban J connectivity index is 2.63. The molecule has 0 aliphatic carbocycles. The van der Waals surface area contributed by atoms with Crippen LogP contribution in [0, 0.1) is 0 Å². The molecule has 0 saturated heterocycles. The molecule has 4 heteroatoms. The Bertz CT molecular complexity index is 462. The molecule has 0 amide bonds. The Morgan fingerprint density at radius 1 is 1.07 bits per heavy atom. The van der Waals surface area contributed by atoms with E-state index in [1.54, 1.807) is 18.3 Å². The number of aromatic amines is 1. The highest BCUT2D eigenvalue weighted by atomic mass is 19.4. The fourth-order valence-corrected chi connectivity index (χ4v) is 1.29. The minimum Gasteiger partial charge on any atom is -0.211 e. The molecule has 0 saturated carbocycles. The third kappa shape index (κ3) is 1.55. The maximum atomic E-state index is 12.3. The number of hydrogen-bond donors (Lipinski definition) is 0. The largest absolute Gasteiger partial charge is 0.416 e. The molecule has 0 aliphatic rings. The second kappa shape index (κ2) is 2.97. The fraction of sp³-hybridized carbons (Fsp3) is 0.100. The van der Waals surface area contributed by atoms with Gasteiger partial charge in [-0.1, -0.05) is 0 Å². The highest BCUT2D eigenvalue weighted by Crippen LogP contribution is 2.30. The summed E-state index contributed by atoms with van der Waals surface area (Å²) in [7, 11) is 0. The van der Waals surface area contributed by atoms with Crippen molar-refractivity contribution >= 4 is 10.9 Å². The van der Waals surface area contributed by atoms with Crippen LogP contribution in [0.2, 0.25) is 0 Å². The zero-order valence-electron chi connectivity index (χ0n) is 7.10. The van der Waals surface area contributed by atoms with Crippen molar-refractivity contribution in [1.82, 2.24) is 0 Å². The summed E-state index contributed by atoms with van der Waals surface area (Å²) in [5.41, 5.74) is -0.144. The molecule has 0 bridgehead atoms. The van der Waals surface area contributed by atoms with Gasteiger partial charge in [0.05, 0.1) is 5.56 Å². The number of rotatable bonds is 0. The molecule has 72 valence electrons. The molecule has 0 unspecified atom stereocenters. The van der Waals surface area contributed by atoms with Gasteiger partial charge in [-0.3, -0.25) is 0 Å². The molecule has 1 N–H and O–H groups in total. The smallest absolute Gasteiger partial charge is 0.211 e. The lowest BCUT2D eigenvalue weighted by molar-refractivity contribution is -0.344. The first kappa shape index (κ1) is 8.99. The van der Waals surface area contributed by atoms with Crippen molar-refractivity contribution in [1.29, 1.82) is 0 Å². The number of pyridine rings is 1. The summed E-state index contributed by atoms with van der Waals surface area (Å²) in [6, 6.07) is 7.14.